The van der Waals surface area contributed by atoms with Crippen molar-refractivity contribution in [2.45, 2.75) is 18.7 Å². The first-order chi connectivity index (χ1) is 18.2. The number of hydrogen-bond donors (Lipinski definition) is 1. The summed E-state index contributed by atoms with van der Waals surface area (Å²) in [4.78, 5) is 24.0. The maximum atomic E-state index is 13.6. The summed E-state index contributed by atoms with van der Waals surface area (Å²) >= 11 is 0. The summed E-state index contributed by atoms with van der Waals surface area (Å²) in [5, 5.41) is 3.94. The van der Waals surface area contributed by atoms with E-state index in [0.717, 1.165) is 9.87 Å². The van der Waals surface area contributed by atoms with Crippen LogP contribution in [-0.4, -0.2) is 53.4 Å². The van der Waals surface area contributed by atoms with Crippen LogP contribution in [-0.2, 0) is 24.3 Å². The lowest BCUT2D eigenvalue weighted by Crippen LogP contribution is -2.39. The fraction of sp³-hybridized carbons (Fsp3) is 0.222. The molecule has 1 amide bonds. The van der Waals surface area contributed by atoms with Crippen molar-refractivity contribution in [3.05, 3.63) is 83.9 Å². The van der Waals surface area contributed by atoms with Crippen LogP contribution < -0.4 is 19.2 Å². The van der Waals surface area contributed by atoms with E-state index in [1.54, 1.807) is 67.6 Å². The number of benzene rings is 3. The Hall–Kier alpha value is -4.38. The van der Waals surface area contributed by atoms with Gasteiger partial charge in [-0.2, -0.15) is 5.10 Å². The molecule has 200 valence electrons. The number of nitrogens with one attached hydrogen (secondary N) is 1. The predicted octanol–water partition coefficient (Wildman–Crippen LogP) is 3.29. The molecule has 0 saturated carbocycles. The van der Waals surface area contributed by atoms with Gasteiger partial charge in [-0.15, -0.1) is 0 Å². The molecule has 3 aromatic carbocycles. The molecule has 0 aliphatic heterocycles. The zero-order valence-corrected chi connectivity index (χ0v) is 22.1. The van der Waals surface area contributed by atoms with Crippen LogP contribution in [0.3, 0.4) is 0 Å². The molecule has 0 radical (unpaired) electrons. The molecule has 11 heteroatoms. The highest BCUT2D eigenvalue weighted by Crippen LogP contribution is 2.32. The fourth-order valence-electron chi connectivity index (χ4n) is 3.27. The highest BCUT2D eigenvalue weighted by molar-refractivity contribution is 7.92. The van der Waals surface area contributed by atoms with E-state index < -0.39 is 28.4 Å². The number of nitrogens with zero attached hydrogens (tertiary/aromatic N) is 2. The minimum atomic E-state index is -4.11. The van der Waals surface area contributed by atoms with Crippen LogP contribution in [0, 0.1) is 6.92 Å². The minimum Gasteiger partial charge on any atom is -0.492 e. The summed E-state index contributed by atoms with van der Waals surface area (Å²) in [5.74, 6) is -0.361. The van der Waals surface area contributed by atoms with Crippen molar-refractivity contribution in [3.63, 3.8) is 0 Å². The van der Waals surface area contributed by atoms with Gasteiger partial charge >= 0.3 is 5.97 Å². The predicted molar refractivity (Wildman–Crippen MR) is 143 cm³/mol. The van der Waals surface area contributed by atoms with E-state index in [-0.39, 0.29) is 17.2 Å². The zero-order chi connectivity index (χ0) is 27.5. The second-order valence-electron chi connectivity index (χ2n) is 7.95. The summed E-state index contributed by atoms with van der Waals surface area (Å²) in [6.07, 6.45) is 1.40. The molecule has 10 nitrogen and oxygen atoms in total. The first kappa shape index (κ1) is 28.2. The molecule has 3 rings (SSSR count). The van der Waals surface area contributed by atoms with E-state index in [1.807, 2.05) is 6.92 Å². The van der Waals surface area contributed by atoms with Crippen LogP contribution in [0.25, 0.3) is 0 Å². The lowest BCUT2D eigenvalue weighted by Gasteiger charge is -2.25. The third kappa shape index (κ3) is 7.56. The monoisotopic (exact) mass is 539 g/mol. The number of para-hydroxylation sites is 2. The number of hydrazone groups is 1. The van der Waals surface area contributed by atoms with Gasteiger partial charge in [-0.25, -0.2) is 18.6 Å². The molecule has 0 aliphatic carbocycles. The lowest BCUT2D eigenvalue weighted by molar-refractivity contribution is -0.142. The van der Waals surface area contributed by atoms with E-state index in [2.05, 4.69) is 15.3 Å². The quantitative estimate of drug-likeness (QED) is 0.213. The van der Waals surface area contributed by atoms with Gasteiger partial charge in [-0.1, -0.05) is 29.8 Å². The van der Waals surface area contributed by atoms with Gasteiger partial charge in [-0.3, -0.25) is 9.10 Å². The number of sulfonamides is 1. The van der Waals surface area contributed by atoms with Crippen LogP contribution in [0.4, 0.5) is 5.69 Å². The molecule has 38 heavy (non-hydrogen) atoms. The van der Waals surface area contributed by atoms with E-state index in [0.29, 0.717) is 23.7 Å². The number of carbonyl (C=O) groups is 2. The molecule has 0 unspecified atom stereocenters. The number of aryl methyl sites for hydroxylation is 1. The number of esters is 1. The number of hydrogen-bond acceptors (Lipinski definition) is 8. The highest BCUT2D eigenvalue weighted by atomic mass is 32.2. The van der Waals surface area contributed by atoms with Crippen LogP contribution in [0.15, 0.2) is 82.8 Å². The van der Waals surface area contributed by atoms with Crippen molar-refractivity contribution in [1.82, 2.24) is 5.43 Å². The van der Waals surface area contributed by atoms with Crippen LogP contribution in [0.5, 0.6) is 11.5 Å². The van der Waals surface area contributed by atoms with Crippen molar-refractivity contribution >= 4 is 33.8 Å². The average Bonchev–Trinajstić information content (AvgIpc) is 2.92. The summed E-state index contributed by atoms with van der Waals surface area (Å²) < 4.78 is 43.6. The van der Waals surface area contributed by atoms with Gasteiger partial charge in [0.25, 0.3) is 15.9 Å². The lowest BCUT2D eigenvalue weighted by atomic mass is 10.2. The topological polar surface area (TPSA) is 124 Å². The molecule has 0 fully saturated rings. The number of anilines is 1. The molecule has 0 bridgehead atoms. The molecule has 0 spiro atoms. The summed E-state index contributed by atoms with van der Waals surface area (Å²) in [7, 11) is -2.84. The number of ether oxygens (including phenoxy) is 3. The van der Waals surface area contributed by atoms with Gasteiger partial charge in [-0.05, 0) is 67.9 Å². The van der Waals surface area contributed by atoms with E-state index in [9.17, 15) is 18.0 Å². The number of methoxy groups -OCH3 is 1. The molecule has 0 aliphatic rings. The van der Waals surface area contributed by atoms with Crippen molar-refractivity contribution in [2.75, 3.05) is 31.2 Å². The highest BCUT2D eigenvalue weighted by Gasteiger charge is 2.29. The Balaban J connectivity index is 1.76. The van der Waals surface area contributed by atoms with Gasteiger partial charge < -0.3 is 14.2 Å². The Bertz CT molecular complexity index is 1370. The Morgan fingerprint density at radius 1 is 0.974 bits per heavy atom. The second-order valence-corrected chi connectivity index (χ2v) is 9.81. The van der Waals surface area contributed by atoms with Gasteiger partial charge in [0.1, 0.15) is 18.0 Å². The van der Waals surface area contributed by atoms with Crippen molar-refractivity contribution in [2.24, 2.45) is 5.10 Å². The normalized spacial score (nSPS) is 11.1. The van der Waals surface area contributed by atoms with Crippen molar-refractivity contribution in [3.8, 4) is 11.5 Å². The molecular weight excluding hydrogens is 510 g/mol. The minimum absolute atomic E-state index is 0.0419. The molecule has 0 saturated heterocycles. The number of carbonyl (C=O) groups excluding carboxylic acids is 2. The van der Waals surface area contributed by atoms with Crippen LogP contribution in [0.1, 0.15) is 18.1 Å². The molecule has 1 N–H and O–H groups in total. The Morgan fingerprint density at radius 3 is 2.32 bits per heavy atom. The summed E-state index contributed by atoms with van der Waals surface area (Å²) in [6.45, 7) is 3.21. The van der Waals surface area contributed by atoms with E-state index >= 15 is 0 Å². The van der Waals surface area contributed by atoms with Gasteiger partial charge in [0, 0.05) is 0 Å². The van der Waals surface area contributed by atoms with Crippen LogP contribution in [0.2, 0.25) is 0 Å². The molecule has 0 atom stereocenters. The first-order valence-corrected chi connectivity index (χ1v) is 13.1. The Kier molecular flexibility index (Phi) is 9.83. The van der Waals surface area contributed by atoms with Crippen molar-refractivity contribution < 1.29 is 32.2 Å². The van der Waals surface area contributed by atoms with Crippen molar-refractivity contribution in [1.29, 1.82) is 0 Å². The summed E-state index contributed by atoms with van der Waals surface area (Å²) in [6, 6.07) is 19.6. The first-order valence-electron chi connectivity index (χ1n) is 11.7. The Morgan fingerprint density at radius 2 is 1.66 bits per heavy atom. The number of rotatable bonds is 12. The third-order valence-corrected chi connectivity index (χ3v) is 6.97. The average molecular weight is 540 g/mol. The largest absolute Gasteiger partial charge is 0.492 e. The number of amides is 1. The molecule has 0 aromatic heterocycles. The molecule has 0 heterocycles. The maximum Gasteiger partial charge on any atom is 0.343 e. The molecular formula is C27H29N3O7S. The summed E-state index contributed by atoms with van der Waals surface area (Å²) in [5.41, 5.74) is 4.15. The van der Waals surface area contributed by atoms with E-state index in [4.69, 9.17) is 9.47 Å². The van der Waals surface area contributed by atoms with Crippen LogP contribution >= 0.6 is 0 Å². The van der Waals surface area contributed by atoms with E-state index in [1.165, 1.54) is 25.5 Å². The van der Waals surface area contributed by atoms with Gasteiger partial charge in [0.15, 0.2) is 6.61 Å². The van der Waals surface area contributed by atoms with Gasteiger partial charge in [0.2, 0.25) is 0 Å². The van der Waals surface area contributed by atoms with Gasteiger partial charge in [0.05, 0.1) is 30.5 Å². The molecule has 3 aromatic rings. The zero-order valence-electron chi connectivity index (χ0n) is 21.3. The maximum absolute atomic E-state index is 13.6. The second kappa shape index (κ2) is 13.2. The Labute approximate surface area is 221 Å². The third-order valence-electron chi connectivity index (χ3n) is 5.20. The standard InChI is InChI=1S/C27H29N3O7S/c1-4-36-25-8-6-5-7-24(25)30(38(33,34)23-15-9-20(2)10-16-23)18-26(31)29-28-17-21-11-13-22(14-12-21)37-19-27(32)35-3/h5-17H,4,18-19H2,1-3H3,(H,29,31)/b28-17-. The smallest absolute Gasteiger partial charge is 0.343 e. The SMILES string of the molecule is CCOc1ccccc1N(CC(=O)N/N=C\c1ccc(OCC(=O)OC)cc1)S(=O)(=O)c1ccc(C)cc1. The fourth-order valence-corrected chi connectivity index (χ4v) is 4.71.